The molecular formula is C19H19ClN4O8S. The highest BCUT2D eigenvalue weighted by Gasteiger charge is 2.28. The van der Waals surface area contributed by atoms with Crippen molar-refractivity contribution in [3.05, 3.63) is 63.2 Å². The van der Waals surface area contributed by atoms with Gasteiger partial charge in [0.2, 0.25) is 0 Å². The maximum absolute atomic E-state index is 12.6. The first-order valence-electron chi connectivity index (χ1n) is 9.20. The van der Waals surface area contributed by atoms with Gasteiger partial charge in [0, 0.05) is 17.8 Å². The summed E-state index contributed by atoms with van der Waals surface area (Å²) in [6.45, 7) is 3.19. The summed E-state index contributed by atoms with van der Waals surface area (Å²) >= 11 is 5.88. The molecule has 0 saturated carbocycles. The van der Waals surface area contributed by atoms with Crippen LogP contribution in [0, 0.1) is 16.0 Å². The minimum absolute atomic E-state index is 0.0103. The van der Waals surface area contributed by atoms with Gasteiger partial charge in [0.25, 0.3) is 21.6 Å². The van der Waals surface area contributed by atoms with Crippen LogP contribution in [0.4, 0.5) is 16.2 Å². The van der Waals surface area contributed by atoms with E-state index in [4.69, 9.17) is 22.1 Å². The number of nitro benzene ring substituents is 1. The number of carbonyl (C=O) groups is 3. The Kier molecular flexibility index (Phi) is 7.95. The predicted molar refractivity (Wildman–Crippen MR) is 117 cm³/mol. The first kappa shape index (κ1) is 25.5. The number of carbonyl (C=O) groups excluding carboxylic acids is 3. The number of nitro groups is 1. The number of urea groups is 1. The SMILES string of the molecule is CC(C)[C@@H](OC(=O)c1ccc(NS(=O)(=O)c2cc([N+](=O)[O-])ccc2Cl)cc1)C(=O)NC(N)=O. The average molecular weight is 499 g/mol. The lowest BCUT2D eigenvalue weighted by Gasteiger charge is -2.20. The lowest BCUT2D eigenvalue weighted by molar-refractivity contribution is -0.385. The molecule has 2 rings (SSSR count). The van der Waals surface area contributed by atoms with Crippen LogP contribution in [-0.2, 0) is 19.6 Å². The zero-order chi connectivity index (χ0) is 24.9. The summed E-state index contributed by atoms with van der Waals surface area (Å²) in [6.07, 6.45) is -1.29. The van der Waals surface area contributed by atoms with Crippen LogP contribution in [0.1, 0.15) is 24.2 Å². The normalized spacial score (nSPS) is 12.0. The molecule has 0 aliphatic carbocycles. The third kappa shape index (κ3) is 6.63. The van der Waals surface area contributed by atoms with E-state index >= 15 is 0 Å². The number of nitrogens with one attached hydrogen (secondary N) is 2. The lowest BCUT2D eigenvalue weighted by atomic mass is 10.1. The Bertz CT molecular complexity index is 1200. The van der Waals surface area contributed by atoms with Gasteiger partial charge in [0.1, 0.15) is 4.90 Å². The second-order valence-corrected chi connectivity index (χ2v) is 9.04. The van der Waals surface area contributed by atoms with Crippen molar-refractivity contribution in [3.63, 3.8) is 0 Å². The van der Waals surface area contributed by atoms with Gasteiger partial charge in [-0.05, 0) is 36.2 Å². The molecule has 0 saturated heterocycles. The maximum Gasteiger partial charge on any atom is 0.338 e. The fourth-order valence-corrected chi connectivity index (χ4v) is 4.14. The monoisotopic (exact) mass is 498 g/mol. The third-order valence-corrected chi connectivity index (χ3v) is 6.00. The van der Waals surface area contributed by atoms with Gasteiger partial charge in [-0.15, -0.1) is 0 Å². The number of hydrogen-bond donors (Lipinski definition) is 3. The van der Waals surface area contributed by atoms with E-state index in [1.165, 1.54) is 24.3 Å². The Balaban J connectivity index is 2.19. The van der Waals surface area contributed by atoms with E-state index in [1.807, 2.05) is 5.32 Å². The fourth-order valence-electron chi connectivity index (χ4n) is 2.56. The predicted octanol–water partition coefficient (Wildman–Crippen LogP) is 2.43. The first-order chi connectivity index (χ1) is 15.3. The van der Waals surface area contributed by atoms with Crippen LogP contribution in [0.2, 0.25) is 5.02 Å². The van der Waals surface area contributed by atoms with Crippen LogP contribution >= 0.6 is 11.6 Å². The van der Waals surface area contributed by atoms with Gasteiger partial charge in [-0.3, -0.25) is 24.9 Å². The highest BCUT2D eigenvalue weighted by molar-refractivity contribution is 7.92. The number of sulfonamides is 1. The number of esters is 1. The molecule has 3 amide bonds. The van der Waals surface area contributed by atoms with Crippen LogP contribution in [-0.4, -0.2) is 37.4 Å². The molecule has 33 heavy (non-hydrogen) atoms. The second kappa shape index (κ2) is 10.3. The summed E-state index contributed by atoms with van der Waals surface area (Å²) in [6, 6.07) is 6.84. The van der Waals surface area contributed by atoms with Crippen molar-refractivity contribution in [2.45, 2.75) is 24.8 Å². The number of non-ortho nitro benzene ring substituents is 1. The van der Waals surface area contributed by atoms with Crippen LogP contribution in [0.15, 0.2) is 47.4 Å². The van der Waals surface area contributed by atoms with Gasteiger partial charge in [-0.25, -0.2) is 18.0 Å². The Morgan fingerprint density at radius 1 is 1.12 bits per heavy atom. The average Bonchev–Trinajstić information content (AvgIpc) is 2.71. The summed E-state index contributed by atoms with van der Waals surface area (Å²) in [5.74, 6) is -2.26. The molecule has 0 radical (unpaired) electrons. The molecule has 4 N–H and O–H groups in total. The molecule has 0 heterocycles. The molecule has 1 atom stereocenters. The molecule has 0 bridgehead atoms. The Morgan fingerprint density at radius 3 is 2.24 bits per heavy atom. The number of primary amides is 1. The molecular weight excluding hydrogens is 480 g/mol. The molecule has 0 fully saturated rings. The zero-order valence-electron chi connectivity index (χ0n) is 17.3. The van der Waals surface area contributed by atoms with Gasteiger partial charge in [0.15, 0.2) is 6.10 Å². The fraction of sp³-hybridized carbons (Fsp3) is 0.211. The van der Waals surface area contributed by atoms with Gasteiger partial charge < -0.3 is 10.5 Å². The molecule has 0 unspecified atom stereocenters. The summed E-state index contributed by atoms with van der Waals surface area (Å²) in [4.78, 5) is 44.9. The molecule has 0 aliphatic rings. The number of hydrogen-bond acceptors (Lipinski definition) is 8. The first-order valence-corrected chi connectivity index (χ1v) is 11.1. The minimum atomic E-state index is -4.29. The number of halogens is 1. The summed E-state index contributed by atoms with van der Waals surface area (Å²) in [5.41, 5.74) is 4.46. The highest BCUT2D eigenvalue weighted by Crippen LogP contribution is 2.28. The van der Waals surface area contributed by atoms with E-state index in [2.05, 4.69) is 4.72 Å². The van der Waals surface area contributed by atoms with Crippen molar-refractivity contribution in [1.29, 1.82) is 0 Å². The van der Waals surface area contributed by atoms with E-state index < -0.39 is 55.5 Å². The number of amides is 3. The van der Waals surface area contributed by atoms with Crippen LogP contribution < -0.4 is 15.8 Å². The largest absolute Gasteiger partial charge is 0.448 e. The van der Waals surface area contributed by atoms with Crippen molar-refractivity contribution < 1.29 is 32.5 Å². The van der Waals surface area contributed by atoms with Gasteiger partial charge >= 0.3 is 12.0 Å². The van der Waals surface area contributed by atoms with Crippen molar-refractivity contribution in [3.8, 4) is 0 Å². The third-order valence-electron chi connectivity index (χ3n) is 4.13. The lowest BCUT2D eigenvalue weighted by Crippen LogP contribution is -2.45. The number of benzene rings is 2. The standard InChI is InChI=1S/C19H19ClN4O8S/c1-10(2)16(17(25)22-19(21)27)32-18(26)11-3-5-12(6-4-11)23-33(30,31)15-9-13(24(28)29)7-8-14(15)20/h3-10,16,23H,1-2H3,(H3,21,22,25,27)/t16-/m1/s1. The molecule has 176 valence electrons. The van der Waals surface area contributed by atoms with E-state index in [0.29, 0.717) is 0 Å². The highest BCUT2D eigenvalue weighted by atomic mass is 35.5. The summed E-state index contributed by atoms with van der Waals surface area (Å²) < 4.78 is 32.6. The van der Waals surface area contributed by atoms with Gasteiger partial charge in [-0.1, -0.05) is 25.4 Å². The number of anilines is 1. The van der Waals surface area contributed by atoms with Crippen molar-refractivity contribution in [2.75, 3.05) is 4.72 Å². The quantitative estimate of drug-likeness (QED) is 0.281. The Morgan fingerprint density at radius 2 is 1.73 bits per heavy atom. The number of imide groups is 1. The molecule has 14 heteroatoms. The van der Waals surface area contributed by atoms with Crippen LogP contribution in [0.5, 0.6) is 0 Å². The Labute approximate surface area is 193 Å². The number of rotatable bonds is 8. The summed E-state index contributed by atoms with van der Waals surface area (Å²) in [5, 5.41) is 12.5. The topological polar surface area (TPSA) is 188 Å². The Hall–Kier alpha value is -3.71. The molecule has 0 spiro atoms. The second-order valence-electron chi connectivity index (χ2n) is 6.98. The van der Waals surface area contributed by atoms with Crippen molar-refractivity contribution in [2.24, 2.45) is 11.7 Å². The number of nitrogens with two attached hydrogens (primary N) is 1. The van der Waals surface area contributed by atoms with Gasteiger partial charge in [0.05, 0.1) is 15.5 Å². The number of ether oxygens (including phenoxy) is 1. The van der Waals surface area contributed by atoms with E-state index in [9.17, 15) is 32.9 Å². The summed E-state index contributed by atoms with van der Waals surface area (Å²) in [7, 11) is -4.29. The molecule has 2 aromatic carbocycles. The smallest absolute Gasteiger partial charge is 0.338 e. The molecule has 0 aliphatic heterocycles. The number of nitrogens with zero attached hydrogens (tertiary/aromatic N) is 1. The van der Waals surface area contributed by atoms with Crippen LogP contribution in [0.3, 0.4) is 0 Å². The molecule has 2 aromatic rings. The van der Waals surface area contributed by atoms with Crippen molar-refractivity contribution >= 4 is 50.9 Å². The van der Waals surface area contributed by atoms with E-state index in [-0.39, 0.29) is 16.3 Å². The maximum atomic E-state index is 12.6. The van der Waals surface area contributed by atoms with Gasteiger partial charge in [-0.2, -0.15) is 0 Å². The molecule has 0 aromatic heterocycles. The van der Waals surface area contributed by atoms with E-state index in [1.54, 1.807) is 13.8 Å². The van der Waals surface area contributed by atoms with E-state index in [0.717, 1.165) is 18.2 Å². The zero-order valence-corrected chi connectivity index (χ0v) is 18.8. The molecule has 12 nitrogen and oxygen atoms in total. The van der Waals surface area contributed by atoms with Crippen molar-refractivity contribution in [1.82, 2.24) is 5.32 Å². The minimum Gasteiger partial charge on any atom is -0.448 e. The van der Waals surface area contributed by atoms with Crippen LogP contribution in [0.25, 0.3) is 0 Å².